The van der Waals surface area contributed by atoms with E-state index in [1.807, 2.05) is 24.3 Å². The molecule has 184 valence electrons. The lowest BCUT2D eigenvalue weighted by Crippen LogP contribution is -2.44. The summed E-state index contributed by atoms with van der Waals surface area (Å²) in [6.07, 6.45) is 3.83. The molecule has 1 spiro atoms. The average molecular weight is 495 g/mol. The topological polar surface area (TPSA) is 91.4 Å². The summed E-state index contributed by atoms with van der Waals surface area (Å²) < 4.78 is 5.42. The van der Waals surface area contributed by atoms with Gasteiger partial charge in [-0.3, -0.25) is 9.59 Å². The van der Waals surface area contributed by atoms with Crippen molar-refractivity contribution >= 4 is 39.9 Å². The molecule has 0 bridgehead atoms. The van der Waals surface area contributed by atoms with Gasteiger partial charge in [-0.15, -0.1) is 0 Å². The molecule has 35 heavy (non-hydrogen) atoms. The van der Waals surface area contributed by atoms with E-state index in [9.17, 15) is 14.7 Å². The van der Waals surface area contributed by atoms with Crippen LogP contribution in [-0.4, -0.2) is 35.5 Å². The lowest BCUT2D eigenvalue weighted by atomic mass is 9.56. The van der Waals surface area contributed by atoms with Gasteiger partial charge in [-0.1, -0.05) is 11.6 Å². The van der Waals surface area contributed by atoms with Crippen LogP contribution in [0.5, 0.6) is 5.75 Å². The number of nitrogens with one attached hydrogen (secondary N) is 2. The van der Waals surface area contributed by atoms with Crippen molar-refractivity contribution in [3.63, 3.8) is 0 Å². The first-order chi connectivity index (χ1) is 16.8. The Balaban J connectivity index is 1.47. The zero-order chi connectivity index (χ0) is 24.7. The molecule has 0 radical (unpaired) electrons. The number of methoxy groups -OCH3 is 1. The van der Waals surface area contributed by atoms with Crippen LogP contribution in [0.15, 0.2) is 42.5 Å². The first-order valence-electron chi connectivity index (χ1n) is 12.2. The average Bonchev–Trinajstić information content (AvgIpc) is 3.25. The number of H-pyrrole nitrogens is 1. The van der Waals surface area contributed by atoms with Gasteiger partial charge < -0.3 is 20.1 Å². The Bertz CT molecular complexity index is 1260. The van der Waals surface area contributed by atoms with Crippen molar-refractivity contribution in [2.75, 3.05) is 19.0 Å². The van der Waals surface area contributed by atoms with Crippen LogP contribution in [0.25, 0.3) is 10.9 Å². The summed E-state index contributed by atoms with van der Waals surface area (Å²) >= 11 is 5.96. The second-order valence-electron chi connectivity index (χ2n) is 10.1. The number of aliphatic hydroxyl groups is 1. The first kappa shape index (κ1) is 23.9. The molecular weight excluding hydrogens is 464 g/mol. The molecule has 3 N–H and O–H groups in total. The van der Waals surface area contributed by atoms with Gasteiger partial charge in [0.1, 0.15) is 11.5 Å². The molecule has 0 aliphatic heterocycles. The number of hydrogen-bond acceptors (Lipinski definition) is 4. The number of ether oxygens (including phenoxy) is 1. The van der Waals surface area contributed by atoms with E-state index in [0.717, 1.165) is 53.7 Å². The van der Waals surface area contributed by atoms with Crippen molar-refractivity contribution in [3.05, 3.63) is 58.7 Å². The predicted molar refractivity (Wildman–Crippen MR) is 137 cm³/mol. The Kier molecular flexibility index (Phi) is 6.36. The van der Waals surface area contributed by atoms with Crippen LogP contribution in [0, 0.1) is 11.8 Å². The number of fused-ring (bicyclic) bond motifs is 4. The van der Waals surface area contributed by atoms with Gasteiger partial charge in [-0.25, -0.2) is 0 Å². The van der Waals surface area contributed by atoms with E-state index in [2.05, 4.69) is 16.4 Å². The molecule has 0 saturated heterocycles. The lowest BCUT2D eigenvalue weighted by molar-refractivity contribution is -0.124. The maximum atomic E-state index is 13.0. The number of aromatic nitrogens is 1. The van der Waals surface area contributed by atoms with E-state index in [0.29, 0.717) is 11.4 Å². The number of ketones is 1. The molecule has 1 heterocycles. The van der Waals surface area contributed by atoms with Gasteiger partial charge in [0.2, 0.25) is 5.91 Å². The van der Waals surface area contributed by atoms with Crippen LogP contribution in [0.1, 0.15) is 56.2 Å². The third-order valence-corrected chi connectivity index (χ3v) is 8.43. The number of rotatable bonds is 5. The van der Waals surface area contributed by atoms with Crippen LogP contribution in [0.2, 0.25) is 5.02 Å². The number of anilines is 1. The number of aromatic amines is 1. The fourth-order valence-corrected chi connectivity index (χ4v) is 6.48. The third-order valence-electron chi connectivity index (χ3n) is 8.18. The zero-order valence-corrected chi connectivity index (χ0v) is 20.8. The minimum Gasteiger partial charge on any atom is -0.497 e. The van der Waals surface area contributed by atoms with E-state index in [1.165, 1.54) is 5.56 Å². The molecule has 2 atom stereocenters. The second-order valence-corrected chi connectivity index (χ2v) is 10.5. The maximum Gasteiger partial charge on any atom is 0.227 e. The molecule has 2 unspecified atom stereocenters. The molecule has 2 aromatic carbocycles. The third kappa shape index (κ3) is 4.23. The number of amides is 1. The fourth-order valence-electron chi connectivity index (χ4n) is 6.35. The van der Waals surface area contributed by atoms with Crippen LogP contribution < -0.4 is 10.1 Å². The van der Waals surface area contributed by atoms with Crippen molar-refractivity contribution in [1.82, 2.24) is 4.98 Å². The monoisotopic (exact) mass is 494 g/mol. The molecule has 1 amide bonds. The predicted octanol–water partition coefficient (Wildman–Crippen LogP) is 5.58. The Morgan fingerprint density at radius 3 is 2.51 bits per heavy atom. The summed E-state index contributed by atoms with van der Waals surface area (Å²) in [5.74, 6) is 0.304. The zero-order valence-electron chi connectivity index (χ0n) is 20.1. The molecular formula is C28H31ClN2O4. The van der Waals surface area contributed by atoms with E-state index < -0.39 is 0 Å². The van der Waals surface area contributed by atoms with Gasteiger partial charge in [0.05, 0.1) is 13.7 Å². The van der Waals surface area contributed by atoms with E-state index in [-0.39, 0.29) is 41.5 Å². The number of aliphatic hydroxyl groups excluding tert-OH is 1. The smallest absolute Gasteiger partial charge is 0.227 e. The number of carbonyl (C=O) groups excluding carboxylic acids is 2. The largest absolute Gasteiger partial charge is 0.497 e. The highest BCUT2D eigenvalue weighted by Gasteiger charge is 2.50. The van der Waals surface area contributed by atoms with Crippen molar-refractivity contribution in [2.24, 2.45) is 11.8 Å². The molecule has 7 heteroatoms. The number of carbonyl (C=O) groups is 2. The first-order valence-corrected chi connectivity index (χ1v) is 12.6. The van der Waals surface area contributed by atoms with E-state index in [1.54, 1.807) is 26.2 Å². The van der Waals surface area contributed by atoms with Crippen molar-refractivity contribution in [1.29, 1.82) is 0 Å². The fraction of sp³-hybridized carbons (Fsp3) is 0.429. The highest BCUT2D eigenvalue weighted by atomic mass is 35.5. The summed E-state index contributed by atoms with van der Waals surface area (Å²) in [5, 5.41) is 15.1. The lowest BCUT2D eigenvalue weighted by Gasteiger charge is -2.47. The van der Waals surface area contributed by atoms with Gasteiger partial charge in [0, 0.05) is 51.1 Å². The van der Waals surface area contributed by atoms with Crippen LogP contribution in [-0.2, 0) is 15.0 Å². The van der Waals surface area contributed by atoms with Crippen molar-refractivity contribution in [3.8, 4) is 5.75 Å². The Morgan fingerprint density at radius 2 is 1.89 bits per heavy atom. The summed E-state index contributed by atoms with van der Waals surface area (Å²) in [6, 6.07) is 13.2. The SMILES string of the molecule is COc1ccc2c3c([nH]c2c1)C(CO)C(C(C)=O)CC31CCC(C(=O)Nc2ccc(Cl)cc2)CC1. The molecule has 5 rings (SSSR count). The number of hydrogen-bond donors (Lipinski definition) is 3. The van der Waals surface area contributed by atoms with E-state index >= 15 is 0 Å². The minimum absolute atomic E-state index is 0.0261. The molecule has 2 aliphatic carbocycles. The highest BCUT2D eigenvalue weighted by molar-refractivity contribution is 6.30. The molecule has 1 fully saturated rings. The quantitative estimate of drug-likeness (QED) is 0.431. The van der Waals surface area contributed by atoms with Gasteiger partial charge in [-0.2, -0.15) is 0 Å². The Morgan fingerprint density at radius 1 is 1.17 bits per heavy atom. The summed E-state index contributed by atoms with van der Waals surface area (Å²) in [7, 11) is 1.64. The van der Waals surface area contributed by atoms with E-state index in [4.69, 9.17) is 16.3 Å². The number of Topliss-reactive ketones (excluding diaryl/α,β-unsaturated/α-hetero) is 1. The van der Waals surface area contributed by atoms with Crippen LogP contribution in [0.4, 0.5) is 5.69 Å². The second kappa shape index (κ2) is 9.32. The summed E-state index contributed by atoms with van der Waals surface area (Å²) in [6.45, 7) is 1.55. The van der Waals surface area contributed by atoms with Crippen molar-refractivity contribution in [2.45, 2.75) is 50.4 Å². The minimum atomic E-state index is -0.252. The van der Waals surface area contributed by atoms with Gasteiger partial charge in [0.15, 0.2) is 0 Å². The molecule has 1 saturated carbocycles. The molecule has 3 aromatic rings. The molecule has 1 aromatic heterocycles. The maximum absolute atomic E-state index is 13.0. The summed E-state index contributed by atoms with van der Waals surface area (Å²) in [4.78, 5) is 29.3. The molecule has 6 nitrogen and oxygen atoms in total. The number of benzene rings is 2. The normalized spacial score (nSPS) is 25.9. The molecule has 2 aliphatic rings. The Hall–Kier alpha value is -2.83. The van der Waals surface area contributed by atoms with Gasteiger partial charge in [-0.05, 0) is 86.4 Å². The van der Waals surface area contributed by atoms with Crippen LogP contribution in [0.3, 0.4) is 0 Å². The highest BCUT2D eigenvalue weighted by Crippen LogP contribution is 2.56. The van der Waals surface area contributed by atoms with Gasteiger partial charge >= 0.3 is 0 Å². The Labute approximate surface area is 210 Å². The van der Waals surface area contributed by atoms with Crippen molar-refractivity contribution < 1.29 is 19.4 Å². The summed E-state index contributed by atoms with van der Waals surface area (Å²) in [5.41, 5.74) is 3.67. The number of halogens is 1. The standard InChI is InChI=1S/C28H31ClN2O4/c1-16(33)22-14-28(11-9-17(10-12-28)27(34)30-19-5-3-18(29)4-6-19)25-21-8-7-20(35-2)13-24(21)31-26(25)23(22)15-32/h3-8,13,17,22-23,31-32H,9-12,14-15H2,1-2H3,(H,30,34). The van der Waals surface area contributed by atoms with Crippen LogP contribution >= 0.6 is 11.6 Å². The van der Waals surface area contributed by atoms with Gasteiger partial charge in [0.25, 0.3) is 0 Å².